The number of methoxy groups -OCH3 is 1. The Hall–Kier alpha value is -0.930. The molecule has 0 aliphatic heterocycles. The van der Waals surface area contributed by atoms with E-state index in [-0.39, 0.29) is 16.3 Å². The van der Waals surface area contributed by atoms with E-state index in [0.29, 0.717) is 10.6 Å². The number of ether oxygens (including phenoxy) is 1. The lowest BCUT2D eigenvalue weighted by Crippen LogP contribution is -2.02. The lowest BCUT2D eigenvalue weighted by atomic mass is 10.1. The van der Waals surface area contributed by atoms with Gasteiger partial charge in [-0.1, -0.05) is 23.2 Å². The molecule has 0 fully saturated rings. The number of aromatic carboxylic acids is 1. The van der Waals surface area contributed by atoms with E-state index in [2.05, 4.69) is 0 Å². The standard InChI is InChI=1S/C9H8Cl2O3/c1-4-6(10)3-5(9(12)13)8(14-2)7(4)11/h3H,1-2H3,(H,12,13). The molecule has 0 amide bonds. The number of carboxylic acids is 1. The van der Waals surface area contributed by atoms with E-state index < -0.39 is 5.97 Å². The largest absolute Gasteiger partial charge is 0.494 e. The molecule has 3 nitrogen and oxygen atoms in total. The van der Waals surface area contributed by atoms with Crippen LogP contribution in [0.2, 0.25) is 10.0 Å². The van der Waals surface area contributed by atoms with Crippen molar-refractivity contribution in [2.24, 2.45) is 0 Å². The quantitative estimate of drug-likeness (QED) is 0.856. The zero-order chi connectivity index (χ0) is 10.9. The van der Waals surface area contributed by atoms with Gasteiger partial charge in [0, 0.05) is 5.02 Å². The molecule has 0 aromatic heterocycles. The van der Waals surface area contributed by atoms with Crippen molar-refractivity contribution >= 4 is 29.2 Å². The molecule has 0 bridgehead atoms. The van der Waals surface area contributed by atoms with Crippen LogP contribution in [-0.4, -0.2) is 18.2 Å². The van der Waals surface area contributed by atoms with Gasteiger partial charge < -0.3 is 9.84 Å². The summed E-state index contributed by atoms with van der Waals surface area (Å²) < 4.78 is 4.90. The zero-order valence-corrected chi connectivity index (χ0v) is 9.11. The van der Waals surface area contributed by atoms with E-state index in [0.717, 1.165) is 0 Å². The van der Waals surface area contributed by atoms with Gasteiger partial charge in [0.2, 0.25) is 0 Å². The number of benzene rings is 1. The molecule has 1 N–H and O–H groups in total. The zero-order valence-electron chi connectivity index (χ0n) is 7.60. The summed E-state index contributed by atoms with van der Waals surface area (Å²) in [4.78, 5) is 10.8. The predicted molar refractivity (Wildman–Crippen MR) is 54.7 cm³/mol. The fourth-order valence-corrected chi connectivity index (χ4v) is 1.59. The van der Waals surface area contributed by atoms with Gasteiger partial charge in [-0.25, -0.2) is 4.79 Å². The fourth-order valence-electron chi connectivity index (χ4n) is 1.05. The fraction of sp³-hybridized carbons (Fsp3) is 0.222. The first-order valence-corrected chi connectivity index (χ1v) is 4.50. The number of rotatable bonds is 2. The molecule has 0 aliphatic rings. The van der Waals surface area contributed by atoms with Crippen LogP contribution in [0.5, 0.6) is 5.75 Å². The average molecular weight is 235 g/mol. The molecule has 0 atom stereocenters. The van der Waals surface area contributed by atoms with Crippen LogP contribution in [0.1, 0.15) is 15.9 Å². The van der Waals surface area contributed by atoms with Crippen molar-refractivity contribution in [1.29, 1.82) is 0 Å². The Bertz CT molecular complexity index is 388. The van der Waals surface area contributed by atoms with Gasteiger partial charge in [0.05, 0.1) is 12.1 Å². The van der Waals surface area contributed by atoms with E-state index in [1.165, 1.54) is 13.2 Å². The van der Waals surface area contributed by atoms with Gasteiger partial charge in [-0.05, 0) is 18.6 Å². The lowest BCUT2D eigenvalue weighted by molar-refractivity contribution is 0.0693. The minimum Gasteiger partial charge on any atom is -0.494 e. The summed E-state index contributed by atoms with van der Waals surface area (Å²) in [5.74, 6) is -0.980. The molecule has 0 spiro atoms. The first-order chi connectivity index (χ1) is 6.49. The number of halogens is 2. The highest BCUT2D eigenvalue weighted by Crippen LogP contribution is 2.36. The van der Waals surface area contributed by atoms with Crippen molar-refractivity contribution in [3.8, 4) is 5.75 Å². The minimum atomic E-state index is -1.12. The maximum atomic E-state index is 10.8. The second kappa shape index (κ2) is 4.07. The van der Waals surface area contributed by atoms with Gasteiger partial charge in [-0.3, -0.25) is 0 Å². The van der Waals surface area contributed by atoms with Crippen LogP contribution < -0.4 is 4.74 Å². The van der Waals surface area contributed by atoms with Crippen LogP contribution in [0.3, 0.4) is 0 Å². The van der Waals surface area contributed by atoms with Crippen LogP contribution in [0.4, 0.5) is 0 Å². The van der Waals surface area contributed by atoms with Crippen molar-refractivity contribution in [2.45, 2.75) is 6.92 Å². The second-order valence-electron chi connectivity index (χ2n) is 2.68. The van der Waals surface area contributed by atoms with Crippen LogP contribution in [0.25, 0.3) is 0 Å². The van der Waals surface area contributed by atoms with Crippen molar-refractivity contribution in [3.63, 3.8) is 0 Å². The third-order valence-corrected chi connectivity index (χ3v) is 2.68. The van der Waals surface area contributed by atoms with E-state index in [4.69, 9.17) is 33.0 Å². The second-order valence-corrected chi connectivity index (χ2v) is 3.47. The SMILES string of the molecule is COc1c(C(=O)O)cc(Cl)c(C)c1Cl. The first-order valence-electron chi connectivity index (χ1n) is 3.75. The Morgan fingerprint density at radius 1 is 1.50 bits per heavy atom. The van der Waals surface area contributed by atoms with Gasteiger partial charge in [0.25, 0.3) is 0 Å². The van der Waals surface area contributed by atoms with Gasteiger partial charge >= 0.3 is 5.97 Å². The van der Waals surface area contributed by atoms with Crippen LogP contribution in [0.15, 0.2) is 6.07 Å². The number of carbonyl (C=O) groups is 1. The molecule has 0 unspecified atom stereocenters. The highest BCUT2D eigenvalue weighted by Gasteiger charge is 2.18. The summed E-state index contributed by atoms with van der Waals surface area (Å²) in [5, 5.41) is 9.39. The Labute approximate surface area is 91.2 Å². The highest BCUT2D eigenvalue weighted by molar-refractivity contribution is 6.37. The molecule has 1 rings (SSSR count). The molecule has 76 valence electrons. The van der Waals surface area contributed by atoms with Gasteiger partial charge in [0.1, 0.15) is 5.56 Å². The summed E-state index contributed by atoms with van der Waals surface area (Å²) in [6, 6.07) is 1.32. The first kappa shape index (κ1) is 11.1. The molecule has 0 heterocycles. The molecular formula is C9H8Cl2O3. The third kappa shape index (κ3) is 1.79. The number of hydrogen-bond donors (Lipinski definition) is 1. The molecule has 0 saturated carbocycles. The number of carboxylic acid groups (broad SMARTS) is 1. The maximum Gasteiger partial charge on any atom is 0.339 e. The summed E-state index contributed by atoms with van der Waals surface area (Å²) in [6.07, 6.45) is 0. The van der Waals surface area contributed by atoms with Crippen molar-refractivity contribution in [1.82, 2.24) is 0 Å². The normalized spacial score (nSPS) is 10.0. The van der Waals surface area contributed by atoms with Crippen molar-refractivity contribution in [2.75, 3.05) is 7.11 Å². The Morgan fingerprint density at radius 2 is 2.07 bits per heavy atom. The molecule has 0 radical (unpaired) electrons. The van der Waals surface area contributed by atoms with Crippen LogP contribution in [-0.2, 0) is 0 Å². The molecule has 1 aromatic rings. The minimum absolute atomic E-state index is 0.0342. The monoisotopic (exact) mass is 234 g/mol. The molecule has 1 aromatic carbocycles. The van der Waals surface area contributed by atoms with E-state index in [9.17, 15) is 4.79 Å². The predicted octanol–water partition coefficient (Wildman–Crippen LogP) is 3.01. The molecule has 0 saturated heterocycles. The van der Waals surface area contributed by atoms with Crippen molar-refractivity contribution in [3.05, 3.63) is 27.2 Å². The summed E-state index contributed by atoms with van der Waals surface area (Å²) in [6.45, 7) is 1.69. The summed E-state index contributed by atoms with van der Waals surface area (Å²) in [5.41, 5.74) is 0.572. The van der Waals surface area contributed by atoms with E-state index in [1.54, 1.807) is 6.92 Å². The average Bonchev–Trinajstić information content (AvgIpc) is 2.13. The van der Waals surface area contributed by atoms with Crippen LogP contribution >= 0.6 is 23.2 Å². The van der Waals surface area contributed by atoms with Gasteiger partial charge in [0.15, 0.2) is 5.75 Å². The van der Waals surface area contributed by atoms with Gasteiger partial charge in [-0.15, -0.1) is 0 Å². The van der Waals surface area contributed by atoms with Crippen molar-refractivity contribution < 1.29 is 14.6 Å². The maximum absolute atomic E-state index is 10.8. The van der Waals surface area contributed by atoms with E-state index in [1.807, 2.05) is 0 Å². The summed E-state index contributed by atoms with van der Waals surface area (Å²) >= 11 is 11.7. The molecular weight excluding hydrogens is 227 g/mol. The Kier molecular flexibility index (Phi) is 3.24. The molecule has 0 aliphatic carbocycles. The Balaban J connectivity index is 3.51. The molecule has 14 heavy (non-hydrogen) atoms. The third-order valence-electron chi connectivity index (χ3n) is 1.84. The van der Waals surface area contributed by atoms with E-state index >= 15 is 0 Å². The highest BCUT2D eigenvalue weighted by atomic mass is 35.5. The Morgan fingerprint density at radius 3 is 2.50 bits per heavy atom. The topological polar surface area (TPSA) is 46.5 Å². The lowest BCUT2D eigenvalue weighted by Gasteiger charge is -2.10. The molecule has 5 heteroatoms. The smallest absolute Gasteiger partial charge is 0.339 e. The number of hydrogen-bond acceptors (Lipinski definition) is 2. The van der Waals surface area contributed by atoms with Crippen LogP contribution in [0, 0.1) is 6.92 Å². The van der Waals surface area contributed by atoms with Gasteiger partial charge in [-0.2, -0.15) is 0 Å². The summed E-state index contributed by atoms with van der Waals surface area (Å²) in [7, 11) is 1.36.